The quantitative estimate of drug-likeness (QED) is 0.126. The molecule has 0 bridgehead atoms. The molecule has 0 atom stereocenters. The lowest BCUT2D eigenvalue weighted by Crippen LogP contribution is -2.18. The molecule has 5 aromatic carbocycles. The molecule has 4 heterocycles. The first kappa shape index (κ1) is 35.7. The smallest absolute Gasteiger partial charge is 0.219 e. The molecule has 280 valence electrons. The maximum atomic E-state index is 5.17. The number of aromatic nitrogens is 8. The molecular formula is C44H37N11S2. The van der Waals surface area contributed by atoms with Crippen molar-refractivity contribution < 1.29 is 0 Å². The number of benzene rings is 5. The van der Waals surface area contributed by atoms with Crippen LogP contribution in [0, 0.1) is 0 Å². The molecule has 0 aliphatic carbocycles. The molecule has 57 heavy (non-hydrogen) atoms. The molecule has 0 aliphatic rings. The second-order valence-electron chi connectivity index (χ2n) is 13.2. The monoisotopic (exact) mass is 783 g/mol. The second-order valence-corrected chi connectivity index (χ2v) is 14.2. The molecule has 11 nitrogen and oxygen atoms in total. The van der Waals surface area contributed by atoms with Gasteiger partial charge in [-0.2, -0.15) is 9.97 Å². The third-order valence-corrected chi connectivity index (χ3v) is 10.0. The molecule has 0 fully saturated rings. The van der Waals surface area contributed by atoms with E-state index in [9.17, 15) is 0 Å². The number of aryl methyl sites for hydroxylation is 2. The van der Waals surface area contributed by atoms with E-state index < -0.39 is 0 Å². The molecule has 0 N–H and O–H groups in total. The van der Waals surface area contributed by atoms with Crippen molar-refractivity contribution in [3.63, 3.8) is 0 Å². The van der Waals surface area contributed by atoms with E-state index in [1.807, 2.05) is 156 Å². The average Bonchev–Trinajstić information content (AvgIpc) is 4.03. The van der Waals surface area contributed by atoms with Crippen LogP contribution in [0.4, 0.5) is 52.0 Å². The van der Waals surface area contributed by atoms with Gasteiger partial charge in [-0.1, -0.05) is 91.0 Å². The summed E-state index contributed by atoms with van der Waals surface area (Å²) in [6.07, 6.45) is 3.88. The first-order valence-electron chi connectivity index (χ1n) is 18.2. The lowest BCUT2D eigenvalue weighted by molar-refractivity contribution is 0.781. The highest BCUT2D eigenvalue weighted by Gasteiger charge is 2.26. The summed E-state index contributed by atoms with van der Waals surface area (Å²) in [6.45, 7) is 0. The van der Waals surface area contributed by atoms with Crippen molar-refractivity contribution in [2.45, 2.75) is 10.1 Å². The summed E-state index contributed by atoms with van der Waals surface area (Å²) in [4.78, 5) is 16.6. The summed E-state index contributed by atoms with van der Waals surface area (Å²) in [7, 11) is 3.92. The number of rotatable bonds is 11. The first-order valence-corrected chi connectivity index (χ1v) is 19.1. The van der Waals surface area contributed by atoms with Gasteiger partial charge in [-0.3, -0.25) is 9.80 Å². The van der Waals surface area contributed by atoms with E-state index in [1.165, 1.54) is 0 Å². The van der Waals surface area contributed by atoms with E-state index in [1.54, 1.807) is 9.36 Å². The summed E-state index contributed by atoms with van der Waals surface area (Å²) in [6, 6.07) is 54.6. The Morgan fingerprint density at radius 2 is 0.684 bits per heavy atom. The fourth-order valence-electron chi connectivity index (χ4n) is 6.81. The molecule has 0 radical (unpaired) electrons. The van der Waals surface area contributed by atoms with Gasteiger partial charge in [0.15, 0.2) is 23.3 Å². The third kappa shape index (κ3) is 6.94. The highest BCUT2D eigenvalue weighted by Crippen LogP contribution is 2.38. The van der Waals surface area contributed by atoms with Gasteiger partial charge in [0, 0.05) is 49.0 Å². The summed E-state index contributed by atoms with van der Waals surface area (Å²) < 4.78 is 7.42. The van der Waals surface area contributed by atoms with Crippen molar-refractivity contribution in [1.82, 2.24) is 38.7 Å². The Bertz CT molecular complexity index is 2490. The fourth-order valence-corrected chi connectivity index (χ4v) is 7.33. The molecule has 9 rings (SSSR count). The Hall–Kier alpha value is -6.96. The molecule has 13 heteroatoms. The number of thiol groups is 2. The van der Waals surface area contributed by atoms with E-state index in [2.05, 4.69) is 58.3 Å². The SMILES string of the molecule is Cn1cc(-n2nc(N(c3ccccc3)c3ccccc3)cc2S)nc1N(c1ccccc1)c1nc(-n2nc(N(c3ccccc3)c3ccccc3)cc2S)cn1C. The van der Waals surface area contributed by atoms with Crippen molar-refractivity contribution in [2.24, 2.45) is 14.1 Å². The number of hydrogen-bond donors (Lipinski definition) is 2. The highest BCUT2D eigenvalue weighted by atomic mass is 32.1. The van der Waals surface area contributed by atoms with E-state index >= 15 is 0 Å². The summed E-state index contributed by atoms with van der Waals surface area (Å²) in [5.74, 6) is 3.84. The predicted molar refractivity (Wildman–Crippen MR) is 233 cm³/mol. The zero-order chi connectivity index (χ0) is 38.9. The van der Waals surface area contributed by atoms with Crippen LogP contribution in [0.5, 0.6) is 0 Å². The standard InChI is InChI=1S/C44H37N11S2/c1-49-30-39(54-41(56)28-37(47-54)51(32-18-8-3-9-19-32)33-20-10-4-11-21-33)45-43(49)53(36-26-16-7-17-27-36)44-46-40(31-50(44)2)55-42(57)29-38(48-55)52(34-22-12-5-13-23-34)35-24-14-6-15-25-35/h3-31,56-57H,1-2H3. The Kier molecular flexibility index (Phi) is 9.58. The van der Waals surface area contributed by atoms with Gasteiger partial charge >= 0.3 is 0 Å². The minimum absolute atomic E-state index is 0.594. The molecule has 0 saturated heterocycles. The third-order valence-electron chi connectivity index (χ3n) is 9.40. The predicted octanol–water partition coefficient (Wildman–Crippen LogP) is 10.5. The Morgan fingerprint density at radius 1 is 0.404 bits per heavy atom. The molecule has 0 saturated carbocycles. The Labute approximate surface area is 341 Å². The van der Waals surface area contributed by atoms with Crippen molar-refractivity contribution in [3.05, 3.63) is 176 Å². The fraction of sp³-hybridized carbons (Fsp3) is 0.0455. The van der Waals surface area contributed by atoms with Crippen LogP contribution in [0.3, 0.4) is 0 Å². The van der Waals surface area contributed by atoms with Crippen molar-refractivity contribution in [1.29, 1.82) is 0 Å². The van der Waals surface area contributed by atoms with E-state index in [0.29, 0.717) is 45.2 Å². The Morgan fingerprint density at radius 3 is 0.982 bits per heavy atom. The van der Waals surface area contributed by atoms with Crippen LogP contribution in [0.1, 0.15) is 0 Å². The van der Waals surface area contributed by atoms with E-state index in [0.717, 1.165) is 28.4 Å². The molecular weight excluding hydrogens is 747 g/mol. The summed E-state index contributed by atoms with van der Waals surface area (Å²) in [5, 5.41) is 11.4. The second kappa shape index (κ2) is 15.3. The van der Waals surface area contributed by atoms with Crippen molar-refractivity contribution >= 4 is 77.2 Å². The van der Waals surface area contributed by atoms with E-state index in [-0.39, 0.29) is 0 Å². The number of anilines is 9. The zero-order valence-electron chi connectivity index (χ0n) is 31.1. The number of para-hydroxylation sites is 5. The van der Waals surface area contributed by atoms with Gasteiger partial charge in [0.05, 0.1) is 18.1 Å². The van der Waals surface area contributed by atoms with Crippen LogP contribution in [-0.2, 0) is 14.1 Å². The largest absolute Gasteiger partial charge is 0.317 e. The molecule has 4 aromatic heterocycles. The van der Waals surface area contributed by atoms with Gasteiger partial charge in [0.25, 0.3) is 0 Å². The minimum atomic E-state index is 0.594. The average molecular weight is 784 g/mol. The van der Waals surface area contributed by atoms with Crippen LogP contribution in [0.15, 0.2) is 186 Å². The maximum absolute atomic E-state index is 5.17. The van der Waals surface area contributed by atoms with Gasteiger partial charge in [0.2, 0.25) is 11.9 Å². The van der Waals surface area contributed by atoms with Crippen molar-refractivity contribution in [2.75, 3.05) is 14.7 Å². The topological polar surface area (TPSA) is 81.0 Å². The van der Waals surface area contributed by atoms with Crippen LogP contribution in [0.2, 0.25) is 0 Å². The highest BCUT2D eigenvalue weighted by molar-refractivity contribution is 7.80. The van der Waals surface area contributed by atoms with Crippen molar-refractivity contribution in [3.8, 4) is 11.6 Å². The van der Waals surface area contributed by atoms with Crippen LogP contribution in [0.25, 0.3) is 11.6 Å². The van der Waals surface area contributed by atoms with Gasteiger partial charge in [-0.25, -0.2) is 14.3 Å². The maximum Gasteiger partial charge on any atom is 0.219 e. The molecule has 0 unspecified atom stereocenters. The number of hydrogen-bond acceptors (Lipinski definition) is 9. The lowest BCUT2D eigenvalue weighted by Gasteiger charge is -2.22. The first-order chi connectivity index (χ1) is 27.9. The van der Waals surface area contributed by atoms with Gasteiger partial charge < -0.3 is 9.13 Å². The zero-order valence-corrected chi connectivity index (χ0v) is 32.8. The van der Waals surface area contributed by atoms with E-state index in [4.69, 9.17) is 45.4 Å². The van der Waals surface area contributed by atoms with Crippen LogP contribution < -0.4 is 14.7 Å². The van der Waals surface area contributed by atoms with Gasteiger partial charge in [-0.05, 0) is 60.7 Å². The molecule has 0 aliphatic heterocycles. The summed E-state index contributed by atoms with van der Waals surface area (Å²) >= 11 is 9.78. The van der Waals surface area contributed by atoms with Gasteiger partial charge in [-0.15, -0.1) is 35.5 Å². The van der Waals surface area contributed by atoms with Crippen LogP contribution >= 0.6 is 25.3 Å². The minimum Gasteiger partial charge on any atom is -0.317 e. The normalized spacial score (nSPS) is 11.2. The summed E-state index contributed by atoms with van der Waals surface area (Å²) in [5.41, 5.74) is 4.78. The molecule has 0 spiro atoms. The van der Waals surface area contributed by atoms with Crippen LogP contribution in [-0.4, -0.2) is 38.7 Å². The number of nitrogens with zero attached hydrogens (tertiary/aromatic N) is 11. The lowest BCUT2D eigenvalue weighted by atomic mass is 10.2. The molecule has 9 aromatic rings. The molecule has 0 amide bonds. The Balaban J connectivity index is 1.10. The van der Waals surface area contributed by atoms with Gasteiger partial charge in [0.1, 0.15) is 10.1 Å². The number of imidazole rings is 2.